The number of carbonyl (C=O) groups excluding carboxylic acids is 1. The molecule has 1 N–H and O–H groups in total. The minimum atomic E-state index is -0.349. The molecule has 3 rings (SSSR count). The largest absolute Gasteiger partial charge is 0.496 e. The number of aromatic nitrogens is 4. The smallest absolute Gasteiger partial charge is 0.257 e. The molecule has 8 nitrogen and oxygen atoms in total. The monoisotopic (exact) mass is 353 g/mol. The summed E-state index contributed by atoms with van der Waals surface area (Å²) in [4.78, 5) is 26.1. The van der Waals surface area contributed by atoms with Crippen molar-refractivity contribution in [3.05, 3.63) is 76.5 Å². The Bertz CT molecular complexity index is 935. The highest BCUT2D eigenvalue weighted by Gasteiger charge is 2.20. The van der Waals surface area contributed by atoms with Gasteiger partial charge in [-0.3, -0.25) is 9.59 Å². The number of carbonyl (C=O) groups is 1. The van der Waals surface area contributed by atoms with Crippen molar-refractivity contribution < 1.29 is 9.53 Å². The molecule has 0 spiro atoms. The van der Waals surface area contributed by atoms with E-state index in [1.165, 1.54) is 28.7 Å². The number of methoxy groups -OCH3 is 1. The Hall–Kier alpha value is -3.42. The van der Waals surface area contributed by atoms with Crippen LogP contribution in [0.15, 0.2) is 59.8 Å². The van der Waals surface area contributed by atoms with Crippen LogP contribution in [-0.2, 0) is 13.6 Å². The van der Waals surface area contributed by atoms with Gasteiger partial charge in [-0.1, -0.05) is 30.3 Å². The summed E-state index contributed by atoms with van der Waals surface area (Å²) in [6.45, 7) is 0.372. The molecule has 26 heavy (non-hydrogen) atoms. The molecule has 0 saturated heterocycles. The molecule has 1 aromatic carbocycles. The van der Waals surface area contributed by atoms with Crippen LogP contribution in [0.25, 0.3) is 0 Å². The second kappa shape index (κ2) is 7.64. The van der Waals surface area contributed by atoms with E-state index in [-0.39, 0.29) is 28.8 Å². The third-order valence-corrected chi connectivity index (χ3v) is 3.97. The van der Waals surface area contributed by atoms with Gasteiger partial charge in [-0.2, -0.15) is 15.0 Å². The van der Waals surface area contributed by atoms with E-state index < -0.39 is 0 Å². The van der Waals surface area contributed by atoms with Gasteiger partial charge in [0.25, 0.3) is 11.5 Å². The number of nitrogens with zero attached hydrogens (tertiary/aromatic N) is 4. The first-order valence-corrected chi connectivity index (χ1v) is 8.03. The van der Waals surface area contributed by atoms with Gasteiger partial charge in [-0.05, 0) is 5.56 Å². The lowest BCUT2D eigenvalue weighted by molar-refractivity contribution is 0.0927. The molecule has 0 fully saturated rings. The van der Waals surface area contributed by atoms with E-state index in [0.29, 0.717) is 6.54 Å². The molecule has 2 aromatic heterocycles. The number of nitrogens with one attached hydrogen (secondary N) is 1. The SMILES string of the molecule is COc1cc(=O)n(C)cc1C(=O)N[C@@H](Cn1nccn1)c1ccccc1. The number of hydrogen-bond acceptors (Lipinski definition) is 5. The Kier molecular flexibility index (Phi) is 5.12. The minimum absolute atomic E-state index is 0.231. The van der Waals surface area contributed by atoms with Gasteiger partial charge in [0.1, 0.15) is 5.75 Å². The quantitative estimate of drug-likeness (QED) is 0.718. The fourth-order valence-corrected chi connectivity index (χ4v) is 2.61. The fourth-order valence-electron chi connectivity index (χ4n) is 2.61. The van der Waals surface area contributed by atoms with Crippen molar-refractivity contribution in [2.24, 2.45) is 7.05 Å². The van der Waals surface area contributed by atoms with Crippen molar-refractivity contribution in [1.82, 2.24) is 24.9 Å². The van der Waals surface area contributed by atoms with E-state index in [9.17, 15) is 9.59 Å². The van der Waals surface area contributed by atoms with Crippen molar-refractivity contribution >= 4 is 5.91 Å². The minimum Gasteiger partial charge on any atom is -0.496 e. The zero-order valence-electron chi connectivity index (χ0n) is 14.5. The Morgan fingerprint density at radius 2 is 1.92 bits per heavy atom. The van der Waals surface area contributed by atoms with Crippen LogP contribution < -0.4 is 15.6 Å². The summed E-state index contributed by atoms with van der Waals surface area (Å²) in [5.74, 6) is -0.118. The molecule has 0 aliphatic heterocycles. The van der Waals surface area contributed by atoms with Crippen LogP contribution in [-0.4, -0.2) is 32.6 Å². The first-order valence-electron chi connectivity index (χ1n) is 8.03. The summed E-state index contributed by atoms with van der Waals surface area (Å²) in [5.41, 5.74) is 0.949. The zero-order valence-corrected chi connectivity index (χ0v) is 14.5. The number of ether oxygens (including phenoxy) is 1. The van der Waals surface area contributed by atoms with Gasteiger partial charge in [-0.15, -0.1) is 0 Å². The van der Waals surface area contributed by atoms with Crippen molar-refractivity contribution in [1.29, 1.82) is 0 Å². The fraction of sp³-hybridized carbons (Fsp3) is 0.222. The van der Waals surface area contributed by atoms with E-state index in [1.807, 2.05) is 30.3 Å². The summed E-state index contributed by atoms with van der Waals surface area (Å²) in [5, 5.41) is 11.2. The van der Waals surface area contributed by atoms with Crippen LogP contribution >= 0.6 is 0 Å². The molecule has 0 saturated carbocycles. The maximum atomic E-state index is 12.8. The van der Waals surface area contributed by atoms with Gasteiger partial charge in [0.2, 0.25) is 0 Å². The Morgan fingerprint density at radius 1 is 1.23 bits per heavy atom. The van der Waals surface area contributed by atoms with Crippen molar-refractivity contribution in [3.63, 3.8) is 0 Å². The number of benzene rings is 1. The molecule has 0 unspecified atom stereocenters. The van der Waals surface area contributed by atoms with E-state index in [2.05, 4.69) is 15.5 Å². The molecule has 0 aliphatic rings. The molecule has 1 amide bonds. The second-order valence-corrected chi connectivity index (χ2v) is 5.73. The Balaban J connectivity index is 1.90. The number of aryl methyl sites for hydroxylation is 1. The molecule has 1 atom stereocenters. The molecular formula is C18H19N5O3. The van der Waals surface area contributed by atoms with E-state index in [1.54, 1.807) is 19.4 Å². The zero-order chi connectivity index (χ0) is 18.5. The van der Waals surface area contributed by atoms with Crippen LogP contribution in [0.2, 0.25) is 0 Å². The molecular weight excluding hydrogens is 334 g/mol. The predicted molar refractivity (Wildman–Crippen MR) is 94.9 cm³/mol. The van der Waals surface area contributed by atoms with Gasteiger partial charge in [0, 0.05) is 19.3 Å². The van der Waals surface area contributed by atoms with Crippen LogP contribution in [0.5, 0.6) is 5.75 Å². The van der Waals surface area contributed by atoms with Gasteiger partial charge < -0.3 is 14.6 Å². The normalized spacial score (nSPS) is 11.8. The molecule has 0 bridgehead atoms. The number of rotatable bonds is 6. The molecule has 2 heterocycles. The van der Waals surface area contributed by atoms with Gasteiger partial charge >= 0.3 is 0 Å². The molecule has 134 valence electrons. The van der Waals surface area contributed by atoms with Crippen LogP contribution in [0.3, 0.4) is 0 Å². The van der Waals surface area contributed by atoms with Gasteiger partial charge in [-0.25, -0.2) is 0 Å². The molecule has 8 heteroatoms. The standard InChI is InChI=1S/C18H19N5O3/c1-22-11-14(16(26-2)10-17(22)24)18(25)21-15(12-23-19-8-9-20-23)13-6-4-3-5-7-13/h3-11,15H,12H2,1-2H3,(H,21,25)/t15-/m0/s1. The molecule has 0 aliphatic carbocycles. The van der Waals surface area contributed by atoms with Crippen LogP contribution in [0.1, 0.15) is 22.0 Å². The lowest BCUT2D eigenvalue weighted by atomic mass is 10.1. The maximum Gasteiger partial charge on any atom is 0.257 e. The summed E-state index contributed by atoms with van der Waals surface area (Å²) in [6, 6.07) is 10.5. The topological polar surface area (TPSA) is 91.0 Å². The maximum absolute atomic E-state index is 12.8. The lowest BCUT2D eigenvalue weighted by Gasteiger charge is -2.19. The third-order valence-electron chi connectivity index (χ3n) is 3.97. The first kappa shape index (κ1) is 17.4. The van der Waals surface area contributed by atoms with E-state index in [4.69, 9.17) is 4.74 Å². The summed E-state index contributed by atoms with van der Waals surface area (Å²) in [7, 11) is 3.01. The van der Waals surface area contributed by atoms with Gasteiger partial charge in [0.15, 0.2) is 0 Å². The first-order chi connectivity index (χ1) is 12.6. The van der Waals surface area contributed by atoms with Crippen molar-refractivity contribution in [3.8, 4) is 5.75 Å². The predicted octanol–water partition coefficient (Wildman–Crippen LogP) is 1.16. The summed E-state index contributed by atoms with van der Waals surface area (Å²) in [6.07, 6.45) is 4.63. The average Bonchev–Trinajstić information content (AvgIpc) is 3.16. The van der Waals surface area contributed by atoms with Crippen LogP contribution in [0, 0.1) is 0 Å². The van der Waals surface area contributed by atoms with Crippen LogP contribution in [0.4, 0.5) is 0 Å². The summed E-state index contributed by atoms with van der Waals surface area (Å²) < 4.78 is 6.53. The number of hydrogen-bond donors (Lipinski definition) is 1. The highest BCUT2D eigenvalue weighted by atomic mass is 16.5. The summed E-state index contributed by atoms with van der Waals surface area (Å²) >= 11 is 0. The highest BCUT2D eigenvalue weighted by molar-refractivity contribution is 5.96. The van der Waals surface area contributed by atoms with Gasteiger partial charge in [0.05, 0.1) is 37.7 Å². The van der Waals surface area contributed by atoms with Crippen molar-refractivity contribution in [2.45, 2.75) is 12.6 Å². The number of amides is 1. The molecule has 0 radical (unpaired) electrons. The average molecular weight is 353 g/mol. The second-order valence-electron chi connectivity index (χ2n) is 5.73. The highest BCUT2D eigenvalue weighted by Crippen LogP contribution is 2.19. The third kappa shape index (κ3) is 3.80. The Morgan fingerprint density at radius 3 is 2.58 bits per heavy atom. The van der Waals surface area contributed by atoms with E-state index in [0.717, 1.165) is 5.56 Å². The number of pyridine rings is 1. The Labute approximate surface area is 150 Å². The lowest BCUT2D eigenvalue weighted by Crippen LogP contribution is -2.33. The van der Waals surface area contributed by atoms with Crippen molar-refractivity contribution in [2.75, 3.05) is 7.11 Å². The molecule has 3 aromatic rings. The van der Waals surface area contributed by atoms with E-state index >= 15 is 0 Å².